The lowest BCUT2D eigenvalue weighted by Gasteiger charge is -2.18. The number of anilines is 2. The van der Waals surface area contributed by atoms with E-state index in [1.165, 1.54) is 28.5 Å². The number of nitrogens with zero attached hydrogens (tertiary/aromatic N) is 3. The molecule has 10 nitrogen and oxygen atoms in total. The SMILES string of the molecule is CCCn1ccc(=O)n(CCCN(C)C(=O)Cc2ccc(NC(=O)Nc3ccccc3C)c(OC)c2)c1=O. The van der Waals surface area contributed by atoms with E-state index in [-0.39, 0.29) is 30.1 Å². The molecule has 0 aliphatic rings. The summed E-state index contributed by atoms with van der Waals surface area (Å²) in [6.07, 6.45) is 2.91. The Morgan fingerprint density at radius 3 is 2.45 bits per heavy atom. The van der Waals surface area contributed by atoms with Crippen molar-refractivity contribution in [2.75, 3.05) is 31.3 Å². The predicted octanol–water partition coefficient (Wildman–Crippen LogP) is 3.47. The molecule has 1 heterocycles. The van der Waals surface area contributed by atoms with Gasteiger partial charge in [-0.15, -0.1) is 0 Å². The van der Waals surface area contributed by atoms with E-state index in [9.17, 15) is 19.2 Å². The molecule has 0 bridgehead atoms. The van der Waals surface area contributed by atoms with Gasteiger partial charge in [0.1, 0.15) is 5.75 Å². The molecule has 10 heteroatoms. The summed E-state index contributed by atoms with van der Waals surface area (Å²) >= 11 is 0. The summed E-state index contributed by atoms with van der Waals surface area (Å²) in [7, 11) is 3.19. The van der Waals surface area contributed by atoms with Gasteiger partial charge in [0.15, 0.2) is 0 Å². The third-order valence-electron chi connectivity index (χ3n) is 6.17. The number of benzene rings is 2. The molecule has 0 saturated heterocycles. The number of methoxy groups -OCH3 is 1. The van der Waals surface area contributed by atoms with Crippen LogP contribution in [0.1, 0.15) is 30.9 Å². The second-order valence-electron chi connectivity index (χ2n) is 9.06. The summed E-state index contributed by atoms with van der Waals surface area (Å²) in [5, 5.41) is 5.59. The van der Waals surface area contributed by atoms with Crippen molar-refractivity contribution in [3.63, 3.8) is 0 Å². The normalized spacial score (nSPS) is 10.6. The Balaban J connectivity index is 1.56. The van der Waals surface area contributed by atoms with Gasteiger partial charge in [-0.3, -0.25) is 14.2 Å². The standard InChI is InChI=1S/C28H35N5O5/c1-5-14-32-17-13-25(34)33(28(32)37)16-8-15-31(3)26(35)19-21-11-12-23(24(18-21)38-4)30-27(36)29-22-10-7-6-9-20(22)2/h6-7,9-13,17-18H,5,8,14-16,19H2,1-4H3,(H2,29,30,36). The number of carbonyl (C=O) groups is 2. The fourth-order valence-corrected chi connectivity index (χ4v) is 4.01. The molecular weight excluding hydrogens is 486 g/mol. The smallest absolute Gasteiger partial charge is 0.330 e. The maximum absolute atomic E-state index is 12.8. The summed E-state index contributed by atoms with van der Waals surface area (Å²) in [4.78, 5) is 51.5. The molecule has 3 rings (SSSR count). The average molecular weight is 522 g/mol. The van der Waals surface area contributed by atoms with E-state index in [2.05, 4.69) is 10.6 Å². The van der Waals surface area contributed by atoms with E-state index in [0.29, 0.717) is 36.6 Å². The van der Waals surface area contributed by atoms with Crippen LogP contribution in [0.4, 0.5) is 16.2 Å². The Kier molecular flexibility index (Phi) is 9.86. The molecular formula is C28H35N5O5. The van der Waals surface area contributed by atoms with Gasteiger partial charge in [0.2, 0.25) is 5.91 Å². The first kappa shape index (κ1) is 28.2. The number of hydrogen-bond acceptors (Lipinski definition) is 5. The van der Waals surface area contributed by atoms with Crippen LogP contribution in [0.3, 0.4) is 0 Å². The third-order valence-corrected chi connectivity index (χ3v) is 6.17. The lowest BCUT2D eigenvalue weighted by molar-refractivity contribution is -0.129. The maximum Gasteiger partial charge on any atom is 0.330 e. The molecule has 202 valence electrons. The summed E-state index contributed by atoms with van der Waals surface area (Å²) in [5.74, 6) is 0.318. The summed E-state index contributed by atoms with van der Waals surface area (Å²) < 4.78 is 8.17. The van der Waals surface area contributed by atoms with E-state index in [1.807, 2.05) is 38.1 Å². The quantitative estimate of drug-likeness (QED) is 0.401. The predicted molar refractivity (Wildman–Crippen MR) is 148 cm³/mol. The zero-order valence-electron chi connectivity index (χ0n) is 22.3. The minimum atomic E-state index is -0.403. The van der Waals surface area contributed by atoms with E-state index < -0.39 is 6.03 Å². The van der Waals surface area contributed by atoms with Crippen LogP contribution in [0.15, 0.2) is 64.3 Å². The van der Waals surface area contributed by atoms with Crippen molar-refractivity contribution in [2.45, 2.75) is 46.2 Å². The molecule has 0 radical (unpaired) electrons. The number of aromatic nitrogens is 2. The number of likely N-dealkylation sites (N-methyl/N-ethyl adjacent to an activating group) is 1. The monoisotopic (exact) mass is 521 g/mol. The van der Waals surface area contributed by atoms with Crippen molar-refractivity contribution in [2.24, 2.45) is 0 Å². The van der Waals surface area contributed by atoms with Crippen molar-refractivity contribution in [1.82, 2.24) is 14.0 Å². The number of ether oxygens (including phenoxy) is 1. The molecule has 0 atom stereocenters. The lowest BCUT2D eigenvalue weighted by atomic mass is 10.1. The second kappa shape index (κ2) is 13.3. The summed E-state index contributed by atoms with van der Waals surface area (Å²) in [5.41, 5.74) is 2.18. The lowest BCUT2D eigenvalue weighted by Crippen LogP contribution is -2.40. The van der Waals surface area contributed by atoms with Crippen LogP contribution in [0.5, 0.6) is 5.75 Å². The van der Waals surface area contributed by atoms with Crippen LogP contribution in [0.25, 0.3) is 0 Å². The van der Waals surface area contributed by atoms with E-state index in [0.717, 1.165) is 17.5 Å². The Bertz CT molecular complexity index is 1390. The first-order valence-corrected chi connectivity index (χ1v) is 12.6. The highest BCUT2D eigenvalue weighted by molar-refractivity contribution is 6.01. The molecule has 0 aliphatic carbocycles. The summed E-state index contributed by atoms with van der Waals surface area (Å²) in [6, 6.07) is 13.6. The minimum Gasteiger partial charge on any atom is -0.495 e. The van der Waals surface area contributed by atoms with Crippen LogP contribution in [-0.4, -0.2) is 46.7 Å². The van der Waals surface area contributed by atoms with Gasteiger partial charge in [-0.2, -0.15) is 0 Å². The molecule has 38 heavy (non-hydrogen) atoms. The van der Waals surface area contributed by atoms with Crippen molar-refractivity contribution in [1.29, 1.82) is 0 Å². The van der Waals surface area contributed by atoms with Gasteiger partial charge >= 0.3 is 11.7 Å². The van der Waals surface area contributed by atoms with E-state index in [4.69, 9.17) is 4.74 Å². The molecule has 3 amide bonds. The highest BCUT2D eigenvalue weighted by Gasteiger charge is 2.14. The number of amides is 3. The molecule has 0 spiro atoms. The Morgan fingerprint density at radius 2 is 1.74 bits per heavy atom. The highest BCUT2D eigenvalue weighted by Crippen LogP contribution is 2.26. The van der Waals surface area contributed by atoms with Gasteiger partial charge in [0, 0.05) is 44.6 Å². The van der Waals surface area contributed by atoms with Gasteiger partial charge in [-0.1, -0.05) is 31.2 Å². The number of nitrogens with one attached hydrogen (secondary N) is 2. The first-order chi connectivity index (χ1) is 18.2. The first-order valence-electron chi connectivity index (χ1n) is 12.6. The van der Waals surface area contributed by atoms with Crippen molar-refractivity contribution < 1.29 is 14.3 Å². The molecule has 1 aromatic heterocycles. The molecule has 0 aliphatic heterocycles. The van der Waals surface area contributed by atoms with E-state index >= 15 is 0 Å². The average Bonchev–Trinajstić information content (AvgIpc) is 2.89. The second-order valence-corrected chi connectivity index (χ2v) is 9.06. The number of aryl methyl sites for hydroxylation is 2. The zero-order chi connectivity index (χ0) is 27.7. The highest BCUT2D eigenvalue weighted by atomic mass is 16.5. The number of hydrogen-bond donors (Lipinski definition) is 2. The third kappa shape index (κ3) is 7.34. The fraction of sp³-hybridized carbons (Fsp3) is 0.357. The van der Waals surface area contributed by atoms with E-state index in [1.54, 1.807) is 30.1 Å². The van der Waals surface area contributed by atoms with Gasteiger partial charge in [-0.05, 0) is 49.1 Å². The van der Waals surface area contributed by atoms with Crippen LogP contribution in [-0.2, 0) is 24.3 Å². The molecule has 3 aromatic rings. The Hall–Kier alpha value is -4.34. The van der Waals surface area contributed by atoms with Crippen LogP contribution in [0, 0.1) is 6.92 Å². The van der Waals surface area contributed by atoms with Crippen LogP contribution >= 0.6 is 0 Å². The minimum absolute atomic E-state index is 0.117. The molecule has 0 fully saturated rings. The van der Waals surface area contributed by atoms with Crippen molar-refractivity contribution in [3.8, 4) is 5.75 Å². The largest absolute Gasteiger partial charge is 0.495 e. The summed E-state index contributed by atoms with van der Waals surface area (Å²) in [6.45, 7) is 5.05. The van der Waals surface area contributed by atoms with Gasteiger partial charge in [0.05, 0.1) is 19.2 Å². The molecule has 2 N–H and O–H groups in total. The van der Waals surface area contributed by atoms with Gasteiger partial charge in [0.25, 0.3) is 5.56 Å². The van der Waals surface area contributed by atoms with Crippen LogP contribution < -0.4 is 26.6 Å². The molecule has 0 unspecified atom stereocenters. The Labute approximate surface area is 221 Å². The van der Waals surface area contributed by atoms with Crippen molar-refractivity contribution in [3.05, 3.63) is 86.7 Å². The number of urea groups is 1. The van der Waals surface area contributed by atoms with Crippen LogP contribution in [0.2, 0.25) is 0 Å². The Morgan fingerprint density at radius 1 is 1.00 bits per heavy atom. The zero-order valence-corrected chi connectivity index (χ0v) is 22.3. The topological polar surface area (TPSA) is 115 Å². The fourth-order valence-electron chi connectivity index (χ4n) is 4.01. The number of rotatable bonds is 11. The number of para-hydroxylation sites is 1. The molecule has 2 aromatic carbocycles. The van der Waals surface area contributed by atoms with Crippen molar-refractivity contribution >= 4 is 23.3 Å². The van der Waals surface area contributed by atoms with Gasteiger partial charge < -0.3 is 24.8 Å². The maximum atomic E-state index is 12.8. The number of carbonyl (C=O) groups excluding carboxylic acids is 2. The van der Waals surface area contributed by atoms with Gasteiger partial charge in [-0.25, -0.2) is 9.59 Å². The molecule has 0 saturated carbocycles.